The van der Waals surface area contributed by atoms with Crippen LogP contribution < -0.4 is 5.32 Å². The molecule has 1 aromatic carbocycles. The number of amides is 1. The summed E-state index contributed by atoms with van der Waals surface area (Å²) in [5, 5.41) is 2.95. The van der Waals surface area contributed by atoms with E-state index in [0.29, 0.717) is 31.5 Å². The van der Waals surface area contributed by atoms with Crippen LogP contribution in [-0.4, -0.2) is 36.9 Å². The second kappa shape index (κ2) is 7.34. The number of carbonyl (C=O) groups is 1. The van der Waals surface area contributed by atoms with Crippen LogP contribution in [0.2, 0.25) is 0 Å². The molecule has 1 saturated heterocycles. The lowest BCUT2D eigenvalue weighted by molar-refractivity contribution is -0.128. The zero-order chi connectivity index (χ0) is 17.0. The van der Waals surface area contributed by atoms with Gasteiger partial charge in [0.1, 0.15) is 5.82 Å². The number of hydrogen-bond donors (Lipinski definition) is 1. The minimum Gasteiger partial charge on any atom is -0.347 e. The van der Waals surface area contributed by atoms with E-state index >= 15 is 0 Å². The van der Waals surface area contributed by atoms with E-state index in [0.717, 1.165) is 0 Å². The van der Waals surface area contributed by atoms with E-state index in [4.69, 9.17) is 0 Å². The maximum atomic E-state index is 13.4. The van der Waals surface area contributed by atoms with Crippen LogP contribution in [0, 0.1) is 11.7 Å². The molecule has 0 unspecified atom stereocenters. The summed E-state index contributed by atoms with van der Waals surface area (Å²) >= 11 is 0. The van der Waals surface area contributed by atoms with Crippen molar-refractivity contribution >= 4 is 5.91 Å². The Balaban J connectivity index is 1.92. The molecule has 0 bridgehead atoms. The highest BCUT2D eigenvalue weighted by molar-refractivity contribution is 5.79. The van der Waals surface area contributed by atoms with Crippen molar-refractivity contribution in [2.45, 2.75) is 38.7 Å². The summed E-state index contributed by atoms with van der Waals surface area (Å²) < 4.78 is 38.1. The van der Waals surface area contributed by atoms with Crippen molar-refractivity contribution in [3.05, 3.63) is 35.6 Å². The van der Waals surface area contributed by atoms with Gasteiger partial charge in [0.2, 0.25) is 5.91 Å². The van der Waals surface area contributed by atoms with E-state index in [9.17, 15) is 18.0 Å². The van der Waals surface area contributed by atoms with Crippen molar-refractivity contribution in [2.75, 3.05) is 19.6 Å². The molecule has 2 rings (SSSR count). The zero-order valence-corrected chi connectivity index (χ0v) is 13.5. The summed E-state index contributed by atoms with van der Waals surface area (Å²) in [5.41, 5.74) is 0.0141. The van der Waals surface area contributed by atoms with Gasteiger partial charge in [0.25, 0.3) is 6.43 Å². The number of likely N-dealkylation sites (tertiary alicyclic amines) is 1. The molecule has 0 aromatic heterocycles. The van der Waals surface area contributed by atoms with Crippen molar-refractivity contribution in [3.63, 3.8) is 0 Å². The van der Waals surface area contributed by atoms with E-state index in [1.165, 1.54) is 12.1 Å². The Hall–Kier alpha value is -1.56. The Morgan fingerprint density at radius 1 is 1.35 bits per heavy atom. The number of halogens is 3. The van der Waals surface area contributed by atoms with Gasteiger partial charge in [-0.15, -0.1) is 0 Å². The third-order valence-electron chi connectivity index (χ3n) is 4.34. The monoisotopic (exact) mass is 328 g/mol. The van der Waals surface area contributed by atoms with Crippen molar-refractivity contribution in [2.24, 2.45) is 5.92 Å². The maximum absolute atomic E-state index is 13.4. The standard InChI is InChI=1S/C17H23F3N2O/c1-17(2,13-4-3-5-14(18)10-13)21-16(23)12-6-8-22(9-7-12)11-15(19)20/h3-5,10,12,15H,6-9,11H2,1-2H3,(H,21,23). The predicted octanol–water partition coefficient (Wildman–Crippen LogP) is 3.15. The quantitative estimate of drug-likeness (QED) is 0.900. The fraction of sp³-hybridized carbons (Fsp3) is 0.588. The first-order chi connectivity index (χ1) is 10.8. The Morgan fingerprint density at radius 2 is 2.00 bits per heavy atom. The molecule has 1 N–H and O–H groups in total. The summed E-state index contributed by atoms with van der Waals surface area (Å²) in [6.07, 6.45) is -1.21. The summed E-state index contributed by atoms with van der Waals surface area (Å²) in [6.45, 7) is 4.42. The van der Waals surface area contributed by atoms with Gasteiger partial charge in [-0.05, 0) is 57.5 Å². The highest BCUT2D eigenvalue weighted by atomic mass is 19.3. The highest BCUT2D eigenvalue weighted by Gasteiger charge is 2.30. The third kappa shape index (κ3) is 4.96. The minimum atomic E-state index is -2.34. The second-order valence-electron chi connectivity index (χ2n) is 6.59. The van der Waals surface area contributed by atoms with Gasteiger partial charge in [-0.25, -0.2) is 13.2 Å². The van der Waals surface area contributed by atoms with Gasteiger partial charge >= 0.3 is 0 Å². The summed E-state index contributed by atoms with van der Waals surface area (Å²) in [6, 6.07) is 6.15. The molecule has 0 radical (unpaired) electrons. The first-order valence-electron chi connectivity index (χ1n) is 7.86. The smallest absolute Gasteiger partial charge is 0.251 e. The van der Waals surface area contributed by atoms with Crippen molar-refractivity contribution in [1.29, 1.82) is 0 Å². The topological polar surface area (TPSA) is 32.3 Å². The van der Waals surface area contributed by atoms with Crippen LogP contribution in [0.15, 0.2) is 24.3 Å². The number of alkyl halides is 2. The van der Waals surface area contributed by atoms with E-state index in [1.54, 1.807) is 17.0 Å². The lowest BCUT2D eigenvalue weighted by atomic mass is 9.90. The van der Waals surface area contributed by atoms with Crippen molar-refractivity contribution in [1.82, 2.24) is 10.2 Å². The van der Waals surface area contributed by atoms with E-state index in [-0.39, 0.29) is 24.2 Å². The molecule has 0 spiro atoms. The van der Waals surface area contributed by atoms with Crippen molar-refractivity contribution in [3.8, 4) is 0 Å². The first-order valence-corrected chi connectivity index (χ1v) is 7.86. The number of rotatable bonds is 5. The molecule has 1 heterocycles. The lowest BCUT2D eigenvalue weighted by Crippen LogP contribution is -2.47. The molecule has 128 valence electrons. The van der Waals surface area contributed by atoms with Crippen LogP contribution in [0.25, 0.3) is 0 Å². The Bertz CT molecular complexity index is 540. The molecular formula is C17H23F3N2O. The molecule has 1 aliphatic heterocycles. The molecule has 0 atom stereocenters. The summed E-state index contributed by atoms with van der Waals surface area (Å²) in [5.74, 6) is -0.627. The van der Waals surface area contributed by atoms with Crippen LogP contribution in [0.5, 0.6) is 0 Å². The molecule has 23 heavy (non-hydrogen) atoms. The number of hydrogen-bond acceptors (Lipinski definition) is 2. The van der Waals surface area contributed by atoms with Gasteiger partial charge in [-0.3, -0.25) is 9.69 Å². The number of benzene rings is 1. The average molecular weight is 328 g/mol. The number of piperidine rings is 1. The molecule has 1 fully saturated rings. The SMILES string of the molecule is CC(C)(NC(=O)C1CCN(CC(F)F)CC1)c1cccc(F)c1. The zero-order valence-electron chi connectivity index (χ0n) is 13.5. The van der Waals surface area contributed by atoms with Gasteiger partial charge in [-0.1, -0.05) is 12.1 Å². The van der Waals surface area contributed by atoms with Crippen LogP contribution in [0.1, 0.15) is 32.3 Å². The summed E-state index contributed by atoms with van der Waals surface area (Å²) in [4.78, 5) is 14.1. The van der Waals surface area contributed by atoms with Gasteiger partial charge in [0.05, 0.1) is 12.1 Å². The number of nitrogens with one attached hydrogen (secondary N) is 1. The Morgan fingerprint density at radius 3 is 2.57 bits per heavy atom. The number of nitrogens with zero attached hydrogens (tertiary/aromatic N) is 1. The Labute approximate surface area is 134 Å². The largest absolute Gasteiger partial charge is 0.347 e. The lowest BCUT2D eigenvalue weighted by Gasteiger charge is -2.34. The van der Waals surface area contributed by atoms with Crippen LogP contribution in [-0.2, 0) is 10.3 Å². The average Bonchev–Trinajstić information content (AvgIpc) is 2.47. The van der Waals surface area contributed by atoms with Crippen LogP contribution >= 0.6 is 0 Å². The molecule has 0 saturated carbocycles. The van der Waals surface area contributed by atoms with E-state index in [1.807, 2.05) is 13.8 Å². The number of carbonyl (C=O) groups excluding carboxylic acids is 1. The maximum Gasteiger partial charge on any atom is 0.251 e. The first kappa shape index (κ1) is 17.8. The third-order valence-corrected chi connectivity index (χ3v) is 4.34. The van der Waals surface area contributed by atoms with Gasteiger partial charge < -0.3 is 5.32 Å². The van der Waals surface area contributed by atoms with E-state index in [2.05, 4.69) is 5.32 Å². The fourth-order valence-corrected chi connectivity index (χ4v) is 2.93. The van der Waals surface area contributed by atoms with Gasteiger partial charge in [0, 0.05) is 5.92 Å². The fourth-order valence-electron chi connectivity index (χ4n) is 2.93. The van der Waals surface area contributed by atoms with Gasteiger partial charge in [0.15, 0.2) is 0 Å². The second-order valence-corrected chi connectivity index (χ2v) is 6.59. The molecule has 1 aliphatic rings. The highest BCUT2D eigenvalue weighted by Crippen LogP contribution is 2.24. The molecule has 1 aromatic rings. The minimum absolute atomic E-state index is 0.101. The van der Waals surface area contributed by atoms with Crippen molar-refractivity contribution < 1.29 is 18.0 Å². The molecule has 6 heteroatoms. The predicted molar refractivity (Wildman–Crippen MR) is 82.7 cm³/mol. The molecular weight excluding hydrogens is 305 g/mol. The van der Waals surface area contributed by atoms with E-state index < -0.39 is 12.0 Å². The summed E-state index contributed by atoms with van der Waals surface area (Å²) in [7, 11) is 0. The van der Waals surface area contributed by atoms with Crippen LogP contribution in [0.3, 0.4) is 0 Å². The Kier molecular flexibility index (Phi) is 5.68. The molecule has 0 aliphatic carbocycles. The normalized spacial score (nSPS) is 17.5. The molecule has 1 amide bonds. The van der Waals surface area contributed by atoms with Crippen LogP contribution in [0.4, 0.5) is 13.2 Å². The van der Waals surface area contributed by atoms with Gasteiger partial charge in [-0.2, -0.15) is 0 Å². The molecule has 3 nitrogen and oxygen atoms in total.